The van der Waals surface area contributed by atoms with E-state index in [1.807, 2.05) is 42.5 Å². The van der Waals surface area contributed by atoms with Crippen LogP contribution in [0, 0.1) is 0 Å². The third-order valence-electron chi connectivity index (χ3n) is 5.96. The molecule has 39 heavy (non-hydrogen) atoms. The zero-order valence-electron chi connectivity index (χ0n) is 20.6. The number of hydrazone groups is 1. The van der Waals surface area contributed by atoms with E-state index in [0.29, 0.717) is 48.0 Å². The summed E-state index contributed by atoms with van der Waals surface area (Å²) in [6.07, 6.45) is -3.60. The van der Waals surface area contributed by atoms with E-state index in [0.717, 1.165) is 35.0 Å². The number of thioether (sulfide) groups is 1. The number of aliphatic hydroxyl groups excluding tert-OH is 1. The highest BCUT2D eigenvalue weighted by Crippen LogP contribution is 2.33. The highest BCUT2D eigenvalue weighted by atomic mass is 35.5. The topological polar surface area (TPSA) is 82.3 Å². The Hall–Kier alpha value is -2.86. The maximum atomic E-state index is 13.1. The molecule has 12 heteroatoms. The fraction of sp³-hybridized carbons (Fsp3) is 0.259. The molecule has 0 saturated heterocycles. The third kappa shape index (κ3) is 7.42. The van der Waals surface area contributed by atoms with E-state index in [-0.39, 0.29) is 22.6 Å². The van der Waals surface area contributed by atoms with Crippen LogP contribution in [0.5, 0.6) is 0 Å². The van der Waals surface area contributed by atoms with Gasteiger partial charge in [-0.1, -0.05) is 65.8 Å². The minimum absolute atomic E-state index is 0.0705. The number of nitrogens with zero attached hydrogens (tertiary/aromatic N) is 3. The van der Waals surface area contributed by atoms with Gasteiger partial charge in [-0.05, 0) is 60.4 Å². The normalized spacial score (nSPS) is 16.7. The number of hydrogen-bond acceptors (Lipinski definition) is 5. The molecule has 1 heterocycles. The molecule has 0 aliphatic carbocycles. The molecule has 6 nitrogen and oxygen atoms in total. The van der Waals surface area contributed by atoms with Crippen LogP contribution in [-0.2, 0) is 16.2 Å². The Morgan fingerprint density at radius 1 is 1.05 bits per heavy atom. The van der Waals surface area contributed by atoms with Crippen LogP contribution < -0.4 is 0 Å². The van der Waals surface area contributed by atoms with Gasteiger partial charge in [0, 0.05) is 29.8 Å². The van der Waals surface area contributed by atoms with Gasteiger partial charge >= 0.3 is 6.18 Å². The van der Waals surface area contributed by atoms with Gasteiger partial charge in [-0.25, -0.2) is 5.01 Å². The van der Waals surface area contributed by atoms with E-state index < -0.39 is 21.8 Å². The van der Waals surface area contributed by atoms with E-state index >= 15 is 0 Å². The lowest BCUT2D eigenvalue weighted by atomic mass is 9.86. The maximum Gasteiger partial charge on any atom is 0.416 e. The monoisotopic (exact) mass is 595 g/mol. The van der Waals surface area contributed by atoms with E-state index in [4.69, 9.17) is 16.7 Å². The molecule has 3 aromatic carbocycles. The van der Waals surface area contributed by atoms with E-state index in [1.165, 1.54) is 5.01 Å². The van der Waals surface area contributed by atoms with Crippen molar-refractivity contribution < 1.29 is 26.7 Å². The lowest BCUT2D eigenvalue weighted by Crippen LogP contribution is -2.35. The number of amidine groups is 1. The summed E-state index contributed by atoms with van der Waals surface area (Å²) in [6.45, 7) is 0.255. The molecule has 3 aromatic rings. The molecule has 0 bridgehead atoms. The summed E-state index contributed by atoms with van der Waals surface area (Å²) in [5, 5.41) is 16.2. The summed E-state index contributed by atoms with van der Waals surface area (Å²) >= 11 is 7.20. The van der Waals surface area contributed by atoms with Gasteiger partial charge in [0.05, 0.1) is 16.2 Å². The molecule has 0 fully saturated rings. The molecule has 206 valence electrons. The SMILES string of the molecule is O=S(=O)(/N=C(\SCCCO)N1CCC(c2ccccc2)C(c2ccc(Cl)cc2)=N1)c1ccc(C(F)(F)F)cc1. The Morgan fingerprint density at radius 2 is 1.72 bits per heavy atom. The highest BCUT2D eigenvalue weighted by Gasteiger charge is 2.32. The van der Waals surface area contributed by atoms with Gasteiger partial charge < -0.3 is 5.11 Å². The first kappa shape index (κ1) is 29.1. The molecule has 1 aliphatic heterocycles. The second-order valence-corrected chi connectivity index (χ2v) is 11.8. The van der Waals surface area contributed by atoms with Crippen molar-refractivity contribution in [1.29, 1.82) is 0 Å². The summed E-state index contributed by atoms with van der Waals surface area (Å²) in [5.74, 6) is 0.293. The molecule has 1 aliphatic rings. The number of benzene rings is 3. The molecule has 0 amide bonds. The average molecular weight is 596 g/mol. The smallest absolute Gasteiger partial charge is 0.396 e. The summed E-state index contributed by atoms with van der Waals surface area (Å²) in [6, 6.07) is 20.2. The lowest BCUT2D eigenvalue weighted by molar-refractivity contribution is -0.137. The molecule has 1 N–H and O–H groups in total. The van der Waals surface area contributed by atoms with Crippen molar-refractivity contribution in [1.82, 2.24) is 5.01 Å². The first-order valence-electron chi connectivity index (χ1n) is 12.0. The van der Waals surface area contributed by atoms with Crippen molar-refractivity contribution in [2.75, 3.05) is 18.9 Å². The van der Waals surface area contributed by atoms with Gasteiger partial charge in [0.15, 0.2) is 5.17 Å². The fourth-order valence-electron chi connectivity index (χ4n) is 4.01. The zero-order valence-corrected chi connectivity index (χ0v) is 22.9. The molecule has 4 rings (SSSR count). The van der Waals surface area contributed by atoms with Crippen molar-refractivity contribution in [2.45, 2.75) is 29.8 Å². The lowest BCUT2D eigenvalue weighted by Gasteiger charge is -2.31. The van der Waals surface area contributed by atoms with Crippen LogP contribution in [0.15, 0.2) is 93.3 Å². The Balaban J connectivity index is 1.74. The number of sulfonamides is 1. The van der Waals surface area contributed by atoms with Gasteiger partial charge in [0.25, 0.3) is 10.0 Å². The Labute approximate surface area is 234 Å². The van der Waals surface area contributed by atoms with E-state index in [9.17, 15) is 26.7 Å². The third-order valence-corrected chi connectivity index (χ3v) is 8.66. The molecule has 1 atom stereocenters. The molecular weight excluding hydrogens is 571 g/mol. The van der Waals surface area contributed by atoms with Gasteiger partial charge in [-0.3, -0.25) is 0 Å². The van der Waals surface area contributed by atoms with Crippen molar-refractivity contribution in [3.8, 4) is 0 Å². The average Bonchev–Trinajstić information content (AvgIpc) is 2.93. The van der Waals surface area contributed by atoms with Crippen LogP contribution in [0.4, 0.5) is 13.2 Å². The highest BCUT2D eigenvalue weighted by molar-refractivity contribution is 8.14. The number of aliphatic hydroxyl groups is 1. The Morgan fingerprint density at radius 3 is 2.33 bits per heavy atom. The van der Waals surface area contributed by atoms with Crippen molar-refractivity contribution in [2.24, 2.45) is 9.50 Å². The predicted octanol–water partition coefficient (Wildman–Crippen LogP) is 6.41. The number of alkyl halides is 3. The summed E-state index contributed by atoms with van der Waals surface area (Å²) in [7, 11) is -4.35. The summed E-state index contributed by atoms with van der Waals surface area (Å²) in [5.41, 5.74) is 1.60. The van der Waals surface area contributed by atoms with Crippen LogP contribution in [0.2, 0.25) is 5.02 Å². The van der Waals surface area contributed by atoms with Crippen LogP contribution in [-0.4, -0.2) is 48.3 Å². The molecular formula is C27H25ClF3N3O3S2. The largest absolute Gasteiger partial charge is 0.416 e. The van der Waals surface area contributed by atoms with Crippen LogP contribution >= 0.6 is 23.4 Å². The van der Waals surface area contributed by atoms with Crippen molar-refractivity contribution in [3.63, 3.8) is 0 Å². The molecule has 1 unspecified atom stereocenters. The van der Waals surface area contributed by atoms with Gasteiger partial charge in [0.1, 0.15) is 0 Å². The minimum Gasteiger partial charge on any atom is -0.396 e. The molecule has 0 radical (unpaired) electrons. The van der Waals surface area contributed by atoms with Gasteiger partial charge in [-0.2, -0.15) is 26.7 Å². The van der Waals surface area contributed by atoms with Crippen molar-refractivity contribution >= 4 is 44.3 Å². The van der Waals surface area contributed by atoms with Crippen molar-refractivity contribution in [3.05, 3.63) is 101 Å². The number of hydrogen-bond donors (Lipinski definition) is 1. The standard InChI is InChI=1S/C27H25ClF3N3O3S2/c28-22-11-7-20(8-12-22)25-24(19-5-2-1-3-6-19)15-16-34(32-25)26(38-18-4-17-35)33-39(36,37)23-13-9-21(10-14-23)27(29,30)31/h1-3,5-14,24,35H,4,15-18H2/b33-26-. The molecule has 0 spiro atoms. The van der Waals surface area contributed by atoms with E-state index in [2.05, 4.69) is 4.40 Å². The summed E-state index contributed by atoms with van der Waals surface area (Å²) in [4.78, 5) is -0.364. The quantitative estimate of drug-likeness (QED) is 0.194. The van der Waals surface area contributed by atoms with E-state index in [1.54, 1.807) is 12.1 Å². The second-order valence-electron chi connectivity index (χ2n) is 8.66. The zero-order chi connectivity index (χ0) is 28.0. The minimum atomic E-state index is -4.59. The Kier molecular flexibility index (Phi) is 9.37. The van der Waals surface area contributed by atoms with Crippen LogP contribution in [0.1, 0.15) is 35.4 Å². The fourth-order valence-corrected chi connectivity index (χ4v) is 6.27. The first-order valence-corrected chi connectivity index (χ1v) is 14.8. The first-order chi connectivity index (χ1) is 18.6. The number of halogens is 4. The van der Waals surface area contributed by atoms with Crippen LogP contribution in [0.25, 0.3) is 0 Å². The van der Waals surface area contributed by atoms with Crippen LogP contribution in [0.3, 0.4) is 0 Å². The van der Waals surface area contributed by atoms with Gasteiger partial charge in [-0.15, -0.1) is 4.40 Å². The Bertz CT molecular complexity index is 1430. The summed E-state index contributed by atoms with van der Waals surface area (Å²) < 4.78 is 69.2. The number of rotatable bonds is 7. The maximum absolute atomic E-state index is 13.1. The second kappa shape index (κ2) is 12.5. The predicted molar refractivity (Wildman–Crippen MR) is 149 cm³/mol. The molecule has 0 aromatic heterocycles. The van der Waals surface area contributed by atoms with Gasteiger partial charge in [0.2, 0.25) is 0 Å². The molecule has 0 saturated carbocycles.